The summed E-state index contributed by atoms with van der Waals surface area (Å²) in [6.45, 7) is 8.19. The Morgan fingerprint density at radius 2 is 1.76 bits per heavy atom. The number of hydrogen-bond acceptors (Lipinski definition) is 7. The average molecular weight is 584 g/mol. The van der Waals surface area contributed by atoms with Gasteiger partial charge in [0.15, 0.2) is 16.3 Å². The first-order chi connectivity index (χ1) is 20.2. The molecule has 3 aromatic carbocycles. The van der Waals surface area contributed by atoms with E-state index in [4.69, 9.17) is 19.2 Å². The summed E-state index contributed by atoms with van der Waals surface area (Å²) >= 11 is 1.28. The van der Waals surface area contributed by atoms with Crippen LogP contribution in [0.15, 0.2) is 81.7 Å². The van der Waals surface area contributed by atoms with Crippen molar-refractivity contribution in [3.8, 4) is 17.2 Å². The lowest BCUT2D eigenvalue weighted by Crippen LogP contribution is -2.40. The predicted octanol–water partition coefficient (Wildman–Crippen LogP) is 4.91. The molecule has 1 aliphatic rings. The maximum atomic E-state index is 14.0. The minimum Gasteiger partial charge on any atom is -0.497 e. The van der Waals surface area contributed by atoms with E-state index in [1.54, 1.807) is 18.8 Å². The number of ether oxygens (including phenoxy) is 3. The number of amides is 1. The number of hydrogen-bond donors (Lipinski definition) is 1. The Kier molecular flexibility index (Phi) is 8.31. The zero-order chi connectivity index (χ0) is 30.0. The van der Waals surface area contributed by atoms with Crippen LogP contribution in [-0.2, 0) is 4.79 Å². The van der Waals surface area contributed by atoms with Crippen molar-refractivity contribution >= 4 is 29.0 Å². The summed E-state index contributed by atoms with van der Waals surface area (Å²) in [4.78, 5) is 33.2. The maximum Gasteiger partial charge on any atom is 0.271 e. The number of carbonyl (C=O) groups is 1. The van der Waals surface area contributed by atoms with Gasteiger partial charge in [-0.05, 0) is 80.8 Å². The second kappa shape index (κ2) is 12.1. The highest BCUT2D eigenvalue weighted by Crippen LogP contribution is 2.32. The van der Waals surface area contributed by atoms with Gasteiger partial charge in [-0.25, -0.2) is 4.99 Å². The fourth-order valence-corrected chi connectivity index (χ4v) is 6.10. The third-order valence-corrected chi connectivity index (χ3v) is 8.10. The van der Waals surface area contributed by atoms with E-state index in [0.717, 1.165) is 22.3 Å². The number of fused-ring (bicyclic) bond motifs is 1. The van der Waals surface area contributed by atoms with Crippen LogP contribution in [0.4, 0.5) is 5.69 Å². The predicted molar refractivity (Wildman–Crippen MR) is 165 cm³/mol. The SMILES string of the molecule is CCOc1ccc(/C=c2/sc3n(c2=O)[C@H](c2ccc(OC)cc2)C(C(=O)Nc2ccc(C)cc2C)=C(C)N=3)cc1OC. The molecule has 0 bridgehead atoms. The van der Waals surface area contributed by atoms with Crippen LogP contribution in [0.2, 0.25) is 0 Å². The Balaban J connectivity index is 1.64. The minimum absolute atomic E-state index is 0.239. The molecule has 1 N–H and O–H groups in total. The van der Waals surface area contributed by atoms with E-state index in [-0.39, 0.29) is 11.5 Å². The number of methoxy groups -OCH3 is 2. The van der Waals surface area contributed by atoms with Gasteiger partial charge in [-0.15, -0.1) is 0 Å². The average Bonchev–Trinajstić information content (AvgIpc) is 3.28. The van der Waals surface area contributed by atoms with E-state index in [0.29, 0.717) is 50.1 Å². The van der Waals surface area contributed by atoms with Gasteiger partial charge in [0, 0.05) is 5.69 Å². The summed E-state index contributed by atoms with van der Waals surface area (Å²) in [6, 6.07) is 18.1. The first-order valence-corrected chi connectivity index (χ1v) is 14.4. The first kappa shape index (κ1) is 28.9. The van der Waals surface area contributed by atoms with E-state index < -0.39 is 6.04 Å². The Morgan fingerprint density at radius 1 is 1.00 bits per heavy atom. The molecular weight excluding hydrogens is 550 g/mol. The largest absolute Gasteiger partial charge is 0.497 e. The van der Waals surface area contributed by atoms with Crippen LogP contribution >= 0.6 is 11.3 Å². The lowest BCUT2D eigenvalue weighted by atomic mass is 9.95. The first-order valence-electron chi connectivity index (χ1n) is 13.6. The van der Waals surface area contributed by atoms with Crippen molar-refractivity contribution in [3.63, 3.8) is 0 Å². The van der Waals surface area contributed by atoms with Gasteiger partial charge in [-0.3, -0.25) is 14.2 Å². The smallest absolute Gasteiger partial charge is 0.271 e. The number of rotatable bonds is 8. The summed E-state index contributed by atoms with van der Waals surface area (Å²) in [5, 5.41) is 3.06. The van der Waals surface area contributed by atoms with Gasteiger partial charge in [-0.2, -0.15) is 0 Å². The molecule has 5 rings (SSSR count). The molecule has 8 nitrogen and oxygen atoms in total. The number of aromatic nitrogens is 1. The van der Waals surface area contributed by atoms with Gasteiger partial charge >= 0.3 is 0 Å². The van der Waals surface area contributed by atoms with Crippen LogP contribution < -0.4 is 34.4 Å². The molecule has 0 saturated heterocycles. The van der Waals surface area contributed by atoms with E-state index >= 15 is 0 Å². The summed E-state index contributed by atoms with van der Waals surface area (Å²) in [6.07, 6.45) is 1.81. The number of aryl methyl sites for hydroxylation is 2. The zero-order valence-corrected chi connectivity index (χ0v) is 25.3. The van der Waals surface area contributed by atoms with Crippen molar-refractivity contribution in [2.45, 2.75) is 33.7 Å². The Labute approximate surface area is 248 Å². The molecule has 0 spiro atoms. The van der Waals surface area contributed by atoms with Gasteiger partial charge in [0.1, 0.15) is 5.75 Å². The molecule has 0 fully saturated rings. The molecule has 216 valence electrons. The van der Waals surface area contributed by atoms with Crippen molar-refractivity contribution in [3.05, 3.63) is 114 Å². The van der Waals surface area contributed by atoms with Gasteiger partial charge in [-0.1, -0.05) is 47.2 Å². The number of allylic oxidation sites excluding steroid dienone is 1. The number of thiazole rings is 1. The Hall–Kier alpha value is -4.63. The van der Waals surface area contributed by atoms with Crippen LogP contribution in [0.25, 0.3) is 6.08 Å². The number of nitrogens with zero attached hydrogens (tertiary/aromatic N) is 2. The summed E-state index contributed by atoms with van der Waals surface area (Å²) < 4.78 is 18.6. The molecule has 1 aromatic heterocycles. The van der Waals surface area contributed by atoms with Gasteiger partial charge < -0.3 is 19.5 Å². The topological polar surface area (TPSA) is 91.2 Å². The van der Waals surface area contributed by atoms with Crippen LogP contribution in [0, 0.1) is 13.8 Å². The molecule has 4 aromatic rings. The van der Waals surface area contributed by atoms with Gasteiger partial charge in [0.2, 0.25) is 0 Å². The second-order valence-electron chi connectivity index (χ2n) is 9.97. The van der Waals surface area contributed by atoms with Crippen molar-refractivity contribution in [1.29, 1.82) is 0 Å². The molecule has 2 heterocycles. The normalized spacial score (nSPS) is 14.7. The van der Waals surface area contributed by atoms with Gasteiger partial charge in [0.25, 0.3) is 11.5 Å². The maximum absolute atomic E-state index is 14.0. The zero-order valence-electron chi connectivity index (χ0n) is 24.5. The molecule has 0 saturated carbocycles. The Morgan fingerprint density at radius 3 is 2.43 bits per heavy atom. The van der Waals surface area contributed by atoms with E-state index in [2.05, 4.69) is 5.32 Å². The molecule has 0 radical (unpaired) electrons. The molecular formula is C33H33N3O5S. The molecule has 1 amide bonds. The molecule has 0 aliphatic carbocycles. The number of nitrogens with one attached hydrogen (secondary N) is 1. The fraction of sp³-hybridized carbons (Fsp3) is 0.242. The summed E-state index contributed by atoms with van der Waals surface area (Å²) in [5.41, 5.74) is 5.03. The van der Waals surface area contributed by atoms with Crippen LogP contribution in [0.3, 0.4) is 0 Å². The highest BCUT2D eigenvalue weighted by atomic mass is 32.1. The van der Waals surface area contributed by atoms with Crippen molar-refractivity contribution < 1.29 is 19.0 Å². The summed E-state index contributed by atoms with van der Waals surface area (Å²) in [7, 11) is 3.18. The molecule has 1 atom stereocenters. The molecule has 0 unspecified atom stereocenters. The van der Waals surface area contributed by atoms with E-state index in [9.17, 15) is 9.59 Å². The molecule has 1 aliphatic heterocycles. The van der Waals surface area contributed by atoms with Gasteiger partial charge in [0.05, 0.1) is 42.7 Å². The van der Waals surface area contributed by atoms with E-state index in [1.807, 2.05) is 94.4 Å². The van der Waals surface area contributed by atoms with Crippen LogP contribution in [0.5, 0.6) is 17.2 Å². The third kappa shape index (κ3) is 5.60. The molecule has 42 heavy (non-hydrogen) atoms. The van der Waals surface area contributed by atoms with Crippen LogP contribution in [-0.4, -0.2) is 31.3 Å². The van der Waals surface area contributed by atoms with E-state index in [1.165, 1.54) is 11.3 Å². The monoisotopic (exact) mass is 583 g/mol. The quantitative estimate of drug-likeness (QED) is 0.319. The lowest BCUT2D eigenvalue weighted by molar-refractivity contribution is -0.113. The lowest BCUT2D eigenvalue weighted by Gasteiger charge is -2.25. The van der Waals surface area contributed by atoms with Crippen molar-refractivity contribution in [2.24, 2.45) is 4.99 Å². The summed E-state index contributed by atoms with van der Waals surface area (Å²) in [5.74, 6) is 1.58. The molecule has 9 heteroatoms. The fourth-order valence-electron chi connectivity index (χ4n) is 5.06. The van der Waals surface area contributed by atoms with Crippen LogP contribution in [0.1, 0.15) is 42.1 Å². The number of benzene rings is 3. The van der Waals surface area contributed by atoms with Crippen molar-refractivity contribution in [1.82, 2.24) is 4.57 Å². The highest BCUT2D eigenvalue weighted by Gasteiger charge is 2.32. The second-order valence-corrected chi connectivity index (χ2v) is 11.0. The third-order valence-electron chi connectivity index (χ3n) is 7.11. The standard InChI is InChI=1S/C33H33N3O5S/c1-7-41-26-15-9-22(17-27(26)40-6)18-28-32(38)36-30(23-10-12-24(39-5)13-11-23)29(21(4)34-33(36)42-28)31(37)35-25-14-8-19(2)16-20(25)3/h8-18,30H,7H2,1-6H3,(H,35,37)/b28-18+/t30-/m1/s1. The minimum atomic E-state index is -0.685. The number of anilines is 1. The van der Waals surface area contributed by atoms with Crippen molar-refractivity contribution in [2.75, 3.05) is 26.1 Å². The Bertz CT molecular complexity index is 1870. The number of carbonyl (C=O) groups excluding carboxylic acids is 1. The highest BCUT2D eigenvalue weighted by molar-refractivity contribution is 7.07.